The molecule has 0 spiro atoms. The SMILES string of the molecule is Cc1noc(CCC(=O)N2CCN(S(=O)(=O)c3ccc(F)c(F)c3)CC2)n1. The highest BCUT2D eigenvalue weighted by atomic mass is 32.2. The van der Waals surface area contributed by atoms with E-state index in [-0.39, 0.29) is 43.4 Å². The average Bonchev–Trinajstić information content (AvgIpc) is 3.07. The van der Waals surface area contributed by atoms with Crippen molar-refractivity contribution in [1.82, 2.24) is 19.3 Å². The molecule has 0 saturated carbocycles. The number of halogens is 2. The number of nitrogens with zero attached hydrogens (tertiary/aromatic N) is 4. The van der Waals surface area contributed by atoms with Crippen LogP contribution in [0.3, 0.4) is 0 Å². The van der Waals surface area contributed by atoms with E-state index in [9.17, 15) is 22.0 Å². The molecule has 146 valence electrons. The first-order chi connectivity index (χ1) is 12.8. The fourth-order valence-corrected chi connectivity index (χ4v) is 4.21. The first kappa shape index (κ1) is 19.4. The molecule has 0 atom stereocenters. The second-order valence-corrected chi connectivity index (χ2v) is 8.03. The molecular formula is C16H18F2N4O4S. The van der Waals surface area contributed by atoms with Crippen LogP contribution in [0.2, 0.25) is 0 Å². The second-order valence-electron chi connectivity index (χ2n) is 6.10. The van der Waals surface area contributed by atoms with Crippen LogP contribution in [0.1, 0.15) is 18.1 Å². The normalized spacial score (nSPS) is 15.9. The average molecular weight is 400 g/mol. The van der Waals surface area contributed by atoms with Crippen molar-refractivity contribution in [2.75, 3.05) is 26.2 Å². The Morgan fingerprint density at radius 3 is 2.48 bits per heavy atom. The van der Waals surface area contributed by atoms with Crippen LogP contribution >= 0.6 is 0 Å². The topological polar surface area (TPSA) is 96.6 Å². The molecule has 2 heterocycles. The largest absolute Gasteiger partial charge is 0.340 e. The van der Waals surface area contributed by atoms with Gasteiger partial charge in [0.05, 0.1) is 4.90 Å². The lowest BCUT2D eigenvalue weighted by molar-refractivity contribution is -0.132. The van der Waals surface area contributed by atoms with Crippen LogP contribution in [0.15, 0.2) is 27.6 Å². The number of piperazine rings is 1. The maximum atomic E-state index is 13.3. The van der Waals surface area contributed by atoms with Crippen molar-refractivity contribution in [3.05, 3.63) is 41.5 Å². The van der Waals surface area contributed by atoms with Gasteiger partial charge >= 0.3 is 0 Å². The van der Waals surface area contributed by atoms with Gasteiger partial charge in [0.25, 0.3) is 0 Å². The van der Waals surface area contributed by atoms with E-state index in [1.54, 1.807) is 11.8 Å². The van der Waals surface area contributed by atoms with E-state index in [4.69, 9.17) is 4.52 Å². The van der Waals surface area contributed by atoms with E-state index in [0.717, 1.165) is 16.4 Å². The minimum Gasteiger partial charge on any atom is -0.340 e. The maximum absolute atomic E-state index is 13.3. The van der Waals surface area contributed by atoms with Gasteiger partial charge in [-0.25, -0.2) is 17.2 Å². The van der Waals surface area contributed by atoms with Gasteiger partial charge in [0, 0.05) is 39.0 Å². The van der Waals surface area contributed by atoms with Crippen LogP contribution in [0.4, 0.5) is 8.78 Å². The molecule has 0 radical (unpaired) electrons. The van der Waals surface area contributed by atoms with Crippen molar-refractivity contribution in [1.29, 1.82) is 0 Å². The zero-order chi connectivity index (χ0) is 19.6. The van der Waals surface area contributed by atoms with E-state index in [0.29, 0.717) is 24.2 Å². The van der Waals surface area contributed by atoms with E-state index in [1.165, 1.54) is 0 Å². The smallest absolute Gasteiger partial charge is 0.243 e. The summed E-state index contributed by atoms with van der Waals surface area (Å²) in [5.41, 5.74) is 0. The molecule has 1 aromatic carbocycles. The number of carbonyl (C=O) groups excluding carboxylic acids is 1. The summed E-state index contributed by atoms with van der Waals surface area (Å²) in [6.07, 6.45) is 0.491. The summed E-state index contributed by atoms with van der Waals surface area (Å²) in [6.45, 7) is 2.26. The fourth-order valence-electron chi connectivity index (χ4n) is 2.78. The summed E-state index contributed by atoms with van der Waals surface area (Å²) in [7, 11) is -3.95. The zero-order valence-corrected chi connectivity index (χ0v) is 15.4. The van der Waals surface area contributed by atoms with E-state index in [2.05, 4.69) is 10.1 Å². The van der Waals surface area contributed by atoms with Gasteiger partial charge < -0.3 is 9.42 Å². The number of hydrogen-bond donors (Lipinski definition) is 0. The zero-order valence-electron chi connectivity index (χ0n) is 14.6. The molecule has 0 unspecified atom stereocenters. The summed E-state index contributed by atoms with van der Waals surface area (Å²) >= 11 is 0. The van der Waals surface area contributed by atoms with Crippen molar-refractivity contribution < 1.29 is 26.5 Å². The van der Waals surface area contributed by atoms with Gasteiger partial charge in [-0.3, -0.25) is 4.79 Å². The van der Waals surface area contributed by atoms with E-state index >= 15 is 0 Å². The quantitative estimate of drug-likeness (QED) is 0.746. The van der Waals surface area contributed by atoms with Crippen molar-refractivity contribution in [3.8, 4) is 0 Å². The fraction of sp³-hybridized carbons (Fsp3) is 0.438. The van der Waals surface area contributed by atoms with Gasteiger partial charge in [-0.15, -0.1) is 0 Å². The molecule has 11 heteroatoms. The van der Waals surface area contributed by atoms with Gasteiger partial charge in [0.1, 0.15) is 0 Å². The second kappa shape index (κ2) is 7.69. The monoisotopic (exact) mass is 400 g/mol. The predicted molar refractivity (Wildman–Crippen MR) is 89.1 cm³/mol. The van der Waals surface area contributed by atoms with Crippen LogP contribution in [-0.2, 0) is 21.2 Å². The van der Waals surface area contributed by atoms with Gasteiger partial charge in [-0.05, 0) is 25.1 Å². The van der Waals surface area contributed by atoms with Crippen LogP contribution in [0.25, 0.3) is 0 Å². The molecule has 8 nitrogen and oxygen atoms in total. The summed E-state index contributed by atoms with van der Waals surface area (Å²) in [5.74, 6) is -1.61. The summed E-state index contributed by atoms with van der Waals surface area (Å²) in [5, 5.41) is 3.65. The number of benzene rings is 1. The third-order valence-electron chi connectivity index (χ3n) is 4.24. The third kappa shape index (κ3) is 4.30. The van der Waals surface area contributed by atoms with Gasteiger partial charge in [0.2, 0.25) is 21.8 Å². The van der Waals surface area contributed by atoms with Crippen LogP contribution in [0, 0.1) is 18.6 Å². The molecule has 0 bridgehead atoms. The molecule has 1 saturated heterocycles. The molecule has 3 rings (SSSR count). The minimum atomic E-state index is -3.95. The maximum Gasteiger partial charge on any atom is 0.243 e. The Bertz CT molecular complexity index is 940. The van der Waals surface area contributed by atoms with Crippen molar-refractivity contribution >= 4 is 15.9 Å². The third-order valence-corrected chi connectivity index (χ3v) is 6.14. The number of rotatable bonds is 5. The van der Waals surface area contributed by atoms with E-state index in [1.807, 2.05) is 0 Å². The molecule has 0 aliphatic carbocycles. The van der Waals surface area contributed by atoms with Gasteiger partial charge in [0.15, 0.2) is 17.5 Å². The standard InChI is InChI=1S/C16H18F2N4O4S/c1-11-19-15(26-20-11)4-5-16(23)21-6-8-22(9-7-21)27(24,25)12-2-3-13(17)14(18)10-12/h2-3,10H,4-9H2,1H3. The van der Waals surface area contributed by atoms with Crippen LogP contribution < -0.4 is 0 Å². The number of hydrogen-bond acceptors (Lipinski definition) is 6. The highest BCUT2D eigenvalue weighted by Crippen LogP contribution is 2.20. The molecule has 1 fully saturated rings. The molecule has 1 aromatic heterocycles. The number of aromatic nitrogens is 2. The molecule has 0 N–H and O–H groups in total. The Labute approximate surface area is 154 Å². The summed E-state index contributed by atoms with van der Waals surface area (Å²) < 4.78 is 57.6. The first-order valence-corrected chi connectivity index (χ1v) is 9.73. The number of amides is 1. The highest BCUT2D eigenvalue weighted by molar-refractivity contribution is 7.89. The summed E-state index contributed by atoms with van der Waals surface area (Å²) in [6, 6.07) is 2.47. The lowest BCUT2D eigenvalue weighted by atomic mass is 10.2. The lowest BCUT2D eigenvalue weighted by Crippen LogP contribution is -2.50. The predicted octanol–water partition coefficient (Wildman–Crippen LogP) is 1.12. The Morgan fingerprint density at radius 2 is 1.89 bits per heavy atom. The Kier molecular flexibility index (Phi) is 5.51. The number of aryl methyl sites for hydroxylation is 2. The molecule has 1 aliphatic heterocycles. The summed E-state index contributed by atoms with van der Waals surface area (Å²) in [4.78, 5) is 17.5. The van der Waals surface area contributed by atoms with Gasteiger partial charge in [-0.2, -0.15) is 9.29 Å². The molecule has 27 heavy (non-hydrogen) atoms. The van der Waals surface area contributed by atoms with Crippen molar-refractivity contribution in [2.45, 2.75) is 24.7 Å². The van der Waals surface area contributed by atoms with Crippen LogP contribution in [0.5, 0.6) is 0 Å². The number of sulfonamides is 1. The van der Waals surface area contributed by atoms with Crippen LogP contribution in [-0.4, -0.2) is 59.8 Å². The Balaban J connectivity index is 1.57. The number of carbonyl (C=O) groups is 1. The Hall–Kier alpha value is -2.40. The highest BCUT2D eigenvalue weighted by Gasteiger charge is 2.30. The first-order valence-electron chi connectivity index (χ1n) is 8.29. The van der Waals surface area contributed by atoms with Crippen molar-refractivity contribution in [3.63, 3.8) is 0 Å². The van der Waals surface area contributed by atoms with E-state index < -0.39 is 21.7 Å². The minimum absolute atomic E-state index is 0.0761. The molecular weight excluding hydrogens is 382 g/mol. The Morgan fingerprint density at radius 1 is 1.19 bits per heavy atom. The van der Waals surface area contributed by atoms with Gasteiger partial charge in [-0.1, -0.05) is 5.16 Å². The molecule has 1 aliphatic rings. The molecule has 2 aromatic rings. The van der Waals surface area contributed by atoms with Crippen molar-refractivity contribution in [2.24, 2.45) is 0 Å². The molecule has 1 amide bonds. The lowest BCUT2D eigenvalue weighted by Gasteiger charge is -2.34.